The molecule has 0 unspecified atom stereocenters. The molecule has 0 aliphatic carbocycles. The Labute approximate surface area is 185 Å². The zero-order valence-corrected chi connectivity index (χ0v) is 18.5. The summed E-state index contributed by atoms with van der Waals surface area (Å²) in [4.78, 5) is 7.84. The number of benzene rings is 2. The van der Waals surface area contributed by atoms with Crippen LogP contribution in [0, 0.1) is 5.82 Å². The van der Waals surface area contributed by atoms with Gasteiger partial charge in [0, 0.05) is 17.9 Å². The highest BCUT2D eigenvalue weighted by molar-refractivity contribution is 7.89. The zero-order valence-electron chi connectivity index (χ0n) is 16.9. The first-order chi connectivity index (χ1) is 15.1. The summed E-state index contributed by atoms with van der Waals surface area (Å²) in [7, 11) is -7.24. The molecule has 0 fully saturated rings. The molecular weight excluding hydrogens is 459 g/mol. The number of nitrogens with one attached hydrogen (secondary N) is 3. The van der Waals surface area contributed by atoms with Crippen LogP contribution in [0.15, 0.2) is 59.6 Å². The molecule has 0 amide bonds. The van der Waals surface area contributed by atoms with Crippen LogP contribution in [0.1, 0.15) is 12.5 Å². The summed E-state index contributed by atoms with van der Waals surface area (Å²) in [5.41, 5.74) is 1.50. The van der Waals surface area contributed by atoms with E-state index < -0.39 is 25.9 Å². The fourth-order valence-electron chi connectivity index (χ4n) is 2.59. The minimum absolute atomic E-state index is 0.0207. The van der Waals surface area contributed by atoms with Crippen LogP contribution in [0.25, 0.3) is 0 Å². The van der Waals surface area contributed by atoms with Crippen LogP contribution in [0.2, 0.25) is 0 Å². The van der Waals surface area contributed by atoms with Crippen LogP contribution < -0.4 is 20.5 Å². The largest absolute Gasteiger partial charge is 0.338 e. The van der Waals surface area contributed by atoms with Crippen molar-refractivity contribution in [1.29, 1.82) is 0 Å². The minimum atomic E-state index is -3.89. The molecule has 0 saturated carbocycles. The fourth-order valence-corrected chi connectivity index (χ4v) is 3.74. The number of hydrogen-bond donors (Lipinski definition) is 4. The normalized spacial score (nSPS) is 11.8. The van der Waals surface area contributed by atoms with E-state index >= 15 is 0 Å². The van der Waals surface area contributed by atoms with Gasteiger partial charge in [-0.15, -0.1) is 0 Å². The Bertz CT molecular complexity index is 1330. The third-order valence-corrected chi connectivity index (χ3v) is 6.48. The van der Waals surface area contributed by atoms with Gasteiger partial charge in [0.1, 0.15) is 0 Å². The maximum atomic E-state index is 14.3. The highest BCUT2D eigenvalue weighted by Crippen LogP contribution is 2.22. The predicted molar refractivity (Wildman–Crippen MR) is 119 cm³/mol. The summed E-state index contributed by atoms with van der Waals surface area (Å²) in [6.07, 6.45) is 0.959. The molecule has 1 heterocycles. The average molecular weight is 481 g/mol. The first-order valence-corrected chi connectivity index (χ1v) is 12.5. The molecule has 170 valence electrons. The Morgan fingerprint density at radius 1 is 1.00 bits per heavy atom. The molecule has 3 rings (SSSR count). The number of rotatable bonds is 9. The van der Waals surface area contributed by atoms with Gasteiger partial charge < -0.3 is 10.6 Å². The van der Waals surface area contributed by atoms with Crippen molar-refractivity contribution >= 4 is 43.2 Å². The second-order valence-corrected chi connectivity index (χ2v) is 10.3. The molecule has 5 N–H and O–H groups in total. The number of anilines is 4. The highest BCUT2D eigenvalue weighted by Gasteiger charge is 2.11. The number of aromatic nitrogens is 2. The third-order valence-electron chi connectivity index (χ3n) is 4.23. The van der Waals surface area contributed by atoms with Crippen molar-refractivity contribution in [2.24, 2.45) is 5.14 Å². The van der Waals surface area contributed by atoms with Gasteiger partial charge in [-0.05, 0) is 42.8 Å². The van der Waals surface area contributed by atoms with Crippen LogP contribution >= 0.6 is 0 Å². The van der Waals surface area contributed by atoms with E-state index in [1.165, 1.54) is 25.1 Å². The lowest BCUT2D eigenvalue weighted by molar-refractivity contribution is 0.582. The van der Waals surface area contributed by atoms with Crippen molar-refractivity contribution in [2.45, 2.75) is 18.4 Å². The van der Waals surface area contributed by atoms with Gasteiger partial charge >= 0.3 is 0 Å². The molecule has 2 aromatic carbocycles. The summed E-state index contributed by atoms with van der Waals surface area (Å²) < 4.78 is 63.0. The molecule has 0 aliphatic heterocycles. The summed E-state index contributed by atoms with van der Waals surface area (Å²) in [5, 5.41) is 10.8. The first-order valence-electron chi connectivity index (χ1n) is 9.31. The SMILES string of the molecule is CCS(=O)(=O)NCc1cccc(Nc2nc(Nc3cccc(S(N)(=O)=O)c3)ncc2F)c1. The Hall–Kier alpha value is -3.13. The van der Waals surface area contributed by atoms with Crippen LogP contribution in [0.4, 0.5) is 27.5 Å². The zero-order chi connectivity index (χ0) is 23.4. The average Bonchev–Trinajstić information content (AvgIpc) is 2.75. The standard InChI is InChI=1S/C19H21FN6O4S2/c1-2-31(27,28)23-11-13-5-3-6-14(9-13)24-18-17(20)12-22-19(26-18)25-15-7-4-8-16(10-15)32(21,29)30/h3-10,12,23H,2,11H2,1H3,(H2,21,29,30)(H2,22,24,25,26). The maximum Gasteiger partial charge on any atom is 0.238 e. The van der Waals surface area contributed by atoms with E-state index in [0.29, 0.717) is 16.9 Å². The molecule has 0 saturated heterocycles. The molecular formula is C19H21FN6O4S2. The van der Waals surface area contributed by atoms with Crippen molar-refractivity contribution in [3.63, 3.8) is 0 Å². The Balaban J connectivity index is 1.78. The molecule has 0 bridgehead atoms. The highest BCUT2D eigenvalue weighted by atomic mass is 32.2. The topological polar surface area (TPSA) is 156 Å². The number of hydrogen-bond acceptors (Lipinski definition) is 8. The van der Waals surface area contributed by atoms with Gasteiger partial charge in [-0.3, -0.25) is 0 Å². The fraction of sp³-hybridized carbons (Fsp3) is 0.158. The number of halogens is 1. The molecule has 0 aliphatic rings. The maximum absolute atomic E-state index is 14.3. The smallest absolute Gasteiger partial charge is 0.238 e. The van der Waals surface area contributed by atoms with Crippen LogP contribution in [-0.4, -0.2) is 32.6 Å². The van der Waals surface area contributed by atoms with E-state index in [4.69, 9.17) is 5.14 Å². The van der Waals surface area contributed by atoms with E-state index in [9.17, 15) is 21.2 Å². The van der Waals surface area contributed by atoms with Gasteiger partial charge in [-0.25, -0.2) is 36.1 Å². The molecule has 10 nitrogen and oxygen atoms in total. The Morgan fingerprint density at radius 3 is 2.38 bits per heavy atom. The van der Waals surface area contributed by atoms with E-state index in [1.807, 2.05) is 0 Å². The van der Waals surface area contributed by atoms with E-state index in [2.05, 4.69) is 25.3 Å². The van der Waals surface area contributed by atoms with Gasteiger partial charge in [0.05, 0.1) is 16.8 Å². The summed E-state index contributed by atoms with van der Waals surface area (Å²) in [5.74, 6) is -0.859. The van der Waals surface area contributed by atoms with Gasteiger partial charge in [-0.1, -0.05) is 18.2 Å². The third kappa shape index (κ3) is 6.43. The van der Waals surface area contributed by atoms with Gasteiger partial charge in [0.2, 0.25) is 26.0 Å². The number of sulfonamides is 2. The first kappa shape index (κ1) is 23.5. The second kappa shape index (κ2) is 9.56. The van der Waals surface area contributed by atoms with Crippen molar-refractivity contribution in [3.05, 3.63) is 66.1 Å². The molecule has 0 atom stereocenters. The molecule has 13 heteroatoms. The van der Waals surface area contributed by atoms with Crippen LogP contribution in [0.3, 0.4) is 0 Å². The van der Waals surface area contributed by atoms with E-state index in [-0.39, 0.29) is 29.0 Å². The number of primary sulfonamides is 1. The quantitative estimate of drug-likeness (QED) is 0.363. The molecule has 32 heavy (non-hydrogen) atoms. The van der Waals surface area contributed by atoms with Crippen LogP contribution in [-0.2, 0) is 26.6 Å². The lowest BCUT2D eigenvalue weighted by atomic mass is 10.2. The molecule has 0 spiro atoms. The van der Waals surface area contributed by atoms with Gasteiger partial charge in [-0.2, -0.15) is 4.98 Å². The van der Waals surface area contributed by atoms with Gasteiger partial charge in [0.15, 0.2) is 11.6 Å². The number of nitrogens with zero attached hydrogens (tertiary/aromatic N) is 2. The monoisotopic (exact) mass is 480 g/mol. The van der Waals surface area contributed by atoms with Gasteiger partial charge in [0.25, 0.3) is 0 Å². The minimum Gasteiger partial charge on any atom is -0.338 e. The molecule has 0 radical (unpaired) electrons. The predicted octanol–water partition coefficient (Wildman–Crippen LogP) is 2.19. The van der Waals surface area contributed by atoms with Crippen molar-refractivity contribution in [3.8, 4) is 0 Å². The lowest BCUT2D eigenvalue weighted by Gasteiger charge is -2.11. The van der Waals surface area contributed by atoms with Crippen molar-refractivity contribution in [1.82, 2.24) is 14.7 Å². The summed E-state index contributed by atoms with van der Waals surface area (Å²) in [6.45, 7) is 1.63. The molecule has 1 aromatic heterocycles. The molecule has 3 aromatic rings. The Morgan fingerprint density at radius 2 is 1.69 bits per heavy atom. The second-order valence-electron chi connectivity index (χ2n) is 6.64. The van der Waals surface area contributed by atoms with Crippen molar-refractivity contribution < 1.29 is 21.2 Å². The summed E-state index contributed by atoms with van der Waals surface area (Å²) in [6, 6.07) is 12.4. The van der Waals surface area contributed by atoms with Crippen LogP contribution in [0.5, 0.6) is 0 Å². The van der Waals surface area contributed by atoms with E-state index in [0.717, 1.165) is 6.20 Å². The lowest BCUT2D eigenvalue weighted by Crippen LogP contribution is -2.24. The Kier molecular flexibility index (Phi) is 7.03. The van der Waals surface area contributed by atoms with Crippen molar-refractivity contribution in [2.75, 3.05) is 16.4 Å². The number of nitrogens with two attached hydrogens (primary N) is 1. The van der Waals surface area contributed by atoms with E-state index in [1.54, 1.807) is 30.3 Å². The summed E-state index contributed by atoms with van der Waals surface area (Å²) >= 11 is 0.